The number of aromatic hydroxyl groups is 4. The molecule has 4 heteroatoms. The quantitative estimate of drug-likeness (QED) is 0.317. The SMILES string of the molecule is CCCCCCCCCCc1c(O)ccc(O)c1-c1cc(O)ccc1O. The first-order valence-corrected chi connectivity index (χ1v) is 9.60. The van der Waals surface area contributed by atoms with Gasteiger partial charge >= 0.3 is 0 Å². The summed E-state index contributed by atoms with van der Waals surface area (Å²) in [6.07, 6.45) is 10.1. The Morgan fingerprint density at radius 1 is 0.654 bits per heavy atom. The van der Waals surface area contributed by atoms with Gasteiger partial charge in [0.05, 0.1) is 0 Å². The summed E-state index contributed by atoms with van der Waals surface area (Å²) < 4.78 is 0. The van der Waals surface area contributed by atoms with Crippen molar-refractivity contribution in [2.45, 2.75) is 64.7 Å². The molecule has 0 spiro atoms. The first-order valence-electron chi connectivity index (χ1n) is 9.60. The summed E-state index contributed by atoms with van der Waals surface area (Å²) in [6.45, 7) is 2.21. The van der Waals surface area contributed by atoms with E-state index < -0.39 is 0 Å². The lowest BCUT2D eigenvalue weighted by molar-refractivity contribution is 0.450. The fourth-order valence-electron chi connectivity index (χ4n) is 3.34. The molecule has 142 valence electrons. The lowest BCUT2D eigenvalue weighted by Gasteiger charge is -2.15. The average molecular weight is 358 g/mol. The van der Waals surface area contributed by atoms with Gasteiger partial charge in [0.25, 0.3) is 0 Å². The molecular formula is C22H30O4. The predicted octanol–water partition coefficient (Wildman–Crippen LogP) is 5.86. The zero-order valence-electron chi connectivity index (χ0n) is 15.5. The summed E-state index contributed by atoms with van der Waals surface area (Å²) in [5.41, 5.74) is 1.33. The molecule has 0 bridgehead atoms. The van der Waals surface area contributed by atoms with E-state index in [1.165, 1.54) is 62.4 Å². The highest BCUT2D eigenvalue weighted by Crippen LogP contribution is 2.43. The van der Waals surface area contributed by atoms with Crippen molar-refractivity contribution in [3.05, 3.63) is 35.9 Å². The Bertz CT molecular complexity index is 710. The summed E-state index contributed by atoms with van der Waals surface area (Å²) >= 11 is 0. The molecule has 2 aromatic rings. The Morgan fingerprint density at radius 2 is 1.23 bits per heavy atom. The first-order chi connectivity index (χ1) is 12.5. The maximum atomic E-state index is 10.3. The minimum absolute atomic E-state index is 0.00132. The van der Waals surface area contributed by atoms with Crippen LogP contribution in [-0.2, 0) is 6.42 Å². The number of hydrogen-bond donors (Lipinski definition) is 4. The van der Waals surface area contributed by atoms with Crippen LogP contribution in [0.4, 0.5) is 0 Å². The fourth-order valence-corrected chi connectivity index (χ4v) is 3.34. The molecule has 0 saturated heterocycles. The second-order valence-electron chi connectivity index (χ2n) is 6.88. The van der Waals surface area contributed by atoms with Crippen molar-refractivity contribution in [2.24, 2.45) is 0 Å². The second-order valence-corrected chi connectivity index (χ2v) is 6.88. The van der Waals surface area contributed by atoms with Crippen LogP contribution in [0.1, 0.15) is 63.9 Å². The van der Waals surface area contributed by atoms with E-state index in [4.69, 9.17) is 0 Å². The van der Waals surface area contributed by atoms with Gasteiger partial charge in [-0.05, 0) is 43.2 Å². The monoisotopic (exact) mass is 358 g/mol. The van der Waals surface area contributed by atoms with Crippen molar-refractivity contribution >= 4 is 0 Å². The minimum atomic E-state index is -0.0409. The van der Waals surface area contributed by atoms with E-state index in [1.54, 1.807) is 0 Å². The molecule has 2 aromatic carbocycles. The van der Waals surface area contributed by atoms with E-state index >= 15 is 0 Å². The van der Waals surface area contributed by atoms with Crippen LogP contribution in [0.5, 0.6) is 23.0 Å². The third-order valence-electron chi connectivity index (χ3n) is 4.80. The zero-order chi connectivity index (χ0) is 18.9. The first kappa shape index (κ1) is 20.0. The molecule has 4 N–H and O–H groups in total. The number of phenols is 4. The molecular weight excluding hydrogens is 328 g/mol. The third kappa shape index (κ3) is 5.32. The molecule has 0 aliphatic heterocycles. The van der Waals surface area contributed by atoms with Gasteiger partial charge < -0.3 is 20.4 Å². The van der Waals surface area contributed by atoms with Crippen LogP contribution >= 0.6 is 0 Å². The summed E-state index contributed by atoms with van der Waals surface area (Å²) in [5, 5.41) is 40.5. The summed E-state index contributed by atoms with van der Waals surface area (Å²) in [4.78, 5) is 0. The van der Waals surface area contributed by atoms with Crippen LogP contribution in [0.25, 0.3) is 11.1 Å². The Hall–Kier alpha value is -2.36. The van der Waals surface area contributed by atoms with Crippen molar-refractivity contribution in [1.82, 2.24) is 0 Å². The Balaban J connectivity index is 2.07. The van der Waals surface area contributed by atoms with Crippen LogP contribution in [-0.4, -0.2) is 20.4 Å². The molecule has 0 amide bonds. The average Bonchev–Trinajstić information content (AvgIpc) is 2.62. The van der Waals surface area contributed by atoms with Crippen molar-refractivity contribution in [1.29, 1.82) is 0 Å². The van der Waals surface area contributed by atoms with Crippen LogP contribution in [0.15, 0.2) is 30.3 Å². The molecule has 0 aliphatic carbocycles. The van der Waals surface area contributed by atoms with Crippen LogP contribution in [0.2, 0.25) is 0 Å². The van der Waals surface area contributed by atoms with Gasteiger partial charge in [-0.25, -0.2) is 0 Å². The summed E-state index contributed by atoms with van der Waals surface area (Å²) in [6, 6.07) is 7.05. The topological polar surface area (TPSA) is 80.9 Å². The van der Waals surface area contributed by atoms with E-state index in [0.717, 1.165) is 19.3 Å². The summed E-state index contributed by atoms with van der Waals surface area (Å²) in [7, 11) is 0. The highest BCUT2D eigenvalue weighted by Gasteiger charge is 2.18. The fraction of sp³-hybridized carbons (Fsp3) is 0.455. The van der Waals surface area contributed by atoms with Gasteiger partial charge in [-0.15, -0.1) is 0 Å². The van der Waals surface area contributed by atoms with Gasteiger partial charge in [-0.1, -0.05) is 51.9 Å². The van der Waals surface area contributed by atoms with E-state index in [9.17, 15) is 20.4 Å². The van der Waals surface area contributed by atoms with E-state index in [0.29, 0.717) is 23.1 Å². The number of rotatable bonds is 10. The molecule has 4 nitrogen and oxygen atoms in total. The number of benzene rings is 2. The Morgan fingerprint density at radius 3 is 1.92 bits per heavy atom. The Labute approximate surface area is 155 Å². The predicted molar refractivity (Wildman–Crippen MR) is 105 cm³/mol. The molecule has 0 fully saturated rings. The van der Waals surface area contributed by atoms with E-state index in [-0.39, 0.29) is 23.0 Å². The minimum Gasteiger partial charge on any atom is -0.508 e. The number of phenolic OH excluding ortho intramolecular Hbond substituents is 4. The maximum absolute atomic E-state index is 10.3. The van der Waals surface area contributed by atoms with Crippen molar-refractivity contribution in [3.63, 3.8) is 0 Å². The third-order valence-corrected chi connectivity index (χ3v) is 4.80. The highest BCUT2D eigenvalue weighted by atomic mass is 16.3. The van der Waals surface area contributed by atoms with Crippen molar-refractivity contribution < 1.29 is 20.4 Å². The van der Waals surface area contributed by atoms with E-state index in [2.05, 4.69) is 6.92 Å². The van der Waals surface area contributed by atoms with Crippen LogP contribution in [0.3, 0.4) is 0 Å². The highest BCUT2D eigenvalue weighted by molar-refractivity contribution is 5.81. The number of hydrogen-bond acceptors (Lipinski definition) is 4. The van der Waals surface area contributed by atoms with Gasteiger partial charge in [-0.2, -0.15) is 0 Å². The van der Waals surface area contributed by atoms with Crippen molar-refractivity contribution in [3.8, 4) is 34.1 Å². The largest absolute Gasteiger partial charge is 0.508 e. The molecule has 2 rings (SSSR count). The molecule has 0 unspecified atom stereocenters. The van der Waals surface area contributed by atoms with Gasteiger partial charge in [0, 0.05) is 16.7 Å². The van der Waals surface area contributed by atoms with Gasteiger partial charge in [0.15, 0.2) is 0 Å². The van der Waals surface area contributed by atoms with Gasteiger partial charge in [-0.3, -0.25) is 0 Å². The standard InChI is InChI=1S/C22H30O4/c1-2-3-4-5-6-7-8-9-10-17-19(24)13-14-21(26)22(17)18-15-16(23)11-12-20(18)25/h11-15,23-26H,2-10H2,1H3. The van der Waals surface area contributed by atoms with Gasteiger partial charge in [0.2, 0.25) is 0 Å². The van der Waals surface area contributed by atoms with Crippen LogP contribution in [0, 0.1) is 0 Å². The van der Waals surface area contributed by atoms with Gasteiger partial charge in [0.1, 0.15) is 23.0 Å². The molecule has 0 aromatic heterocycles. The zero-order valence-corrected chi connectivity index (χ0v) is 15.5. The summed E-state index contributed by atoms with van der Waals surface area (Å²) in [5.74, 6) is 0.0428. The lowest BCUT2D eigenvalue weighted by atomic mass is 9.93. The molecule has 0 aliphatic rings. The normalized spacial score (nSPS) is 11.0. The molecule has 0 radical (unpaired) electrons. The maximum Gasteiger partial charge on any atom is 0.124 e. The molecule has 0 atom stereocenters. The number of unbranched alkanes of at least 4 members (excludes halogenated alkanes) is 7. The van der Waals surface area contributed by atoms with E-state index in [1.807, 2.05) is 0 Å². The second kappa shape index (κ2) is 9.95. The lowest BCUT2D eigenvalue weighted by Crippen LogP contribution is -1.94. The van der Waals surface area contributed by atoms with Crippen LogP contribution < -0.4 is 0 Å². The molecule has 0 saturated carbocycles. The smallest absolute Gasteiger partial charge is 0.124 e. The Kier molecular flexibility index (Phi) is 7.64. The van der Waals surface area contributed by atoms with Crippen molar-refractivity contribution in [2.75, 3.05) is 0 Å². The molecule has 26 heavy (non-hydrogen) atoms. The molecule has 0 heterocycles.